The third kappa shape index (κ3) is 5.29. The van der Waals surface area contributed by atoms with Crippen LogP contribution in [0.25, 0.3) is 10.9 Å². The molecule has 0 aliphatic carbocycles. The van der Waals surface area contributed by atoms with E-state index in [1.807, 2.05) is 26.0 Å². The number of rotatable bonds is 5. The van der Waals surface area contributed by atoms with Crippen molar-refractivity contribution in [2.75, 3.05) is 18.4 Å². The van der Waals surface area contributed by atoms with Crippen LogP contribution in [0, 0.1) is 0 Å². The number of carbonyl (C=O) groups excluding carboxylic acids is 2. The first-order valence-electron chi connectivity index (χ1n) is 12.4. The molecule has 7 nitrogen and oxygen atoms in total. The quantitative estimate of drug-likeness (QED) is 0.309. The predicted octanol–water partition coefficient (Wildman–Crippen LogP) is 6.57. The lowest BCUT2D eigenvalue weighted by Crippen LogP contribution is -2.38. The van der Waals surface area contributed by atoms with E-state index in [4.69, 9.17) is 4.42 Å². The number of fused-ring (bicyclic) bond motifs is 1. The summed E-state index contributed by atoms with van der Waals surface area (Å²) >= 11 is 0. The van der Waals surface area contributed by atoms with Crippen molar-refractivity contribution in [1.29, 1.82) is 0 Å². The van der Waals surface area contributed by atoms with Gasteiger partial charge in [0.05, 0.1) is 5.56 Å². The number of hydrogen-bond acceptors (Lipinski definition) is 4. The number of anilines is 1. The van der Waals surface area contributed by atoms with E-state index >= 15 is 0 Å². The second-order valence-corrected chi connectivity index (χ2v) is 9.85. The fourth-order valence-electron chi connectivity index (χ4n) is 4.70. The highest BCUT2D eigenvalue weighted by Crippen LogP contribution is 2.32. The third-order valence-corrected chi connectivity index (χ3v) is 6.85. The first-order valence-corrected chi connectivity index (χ1v) is 12.4. The van der Waals surface area contributed by atoms with E-state index in [2.05, 4.69) is 15.3 Å². The minimum atomic E-state index is -4.45. The third-order valence-electron chi connectivity index (χ3n) is 6.85. The Labute approximate surface area is 217 Å². The molecule has 2 N–H and O–H groups in total. The number of H-pyrrole nitrogens is 1. The molecule has 2 amide bonds. The molecule has 3 heterocycles. The summed E-state index contributed by atoms with van der Waals surface area (Å²) in [5.41, 5.74) is 1.89. The van der Waals surface area contributed by atoms with Gasteiger partial charge in [0.2, 0.25) is 0 Å². The number of benzene rings is 2. The molecule has 1 saturated heterocycles. The number of carbonyl (C=O) groups is 2. The van der Waals surface area contributed by atoms with Gasteiger partial charge in [-0.2, -0.15) is 13.2 Å². The maximum absolute atomic E-state index is 13.0. The Morgan fingerprint density at radius 2 is 1.79 bits per heavy atom. The summed E-state index contributed by atoms with van der Waals surface area (Å²) in [4.78, 5) is 34.4. The van der Waals surface area contributed by atoms with Crippen LogP contribution in [0.3, 0.4) is 0 Å². The number of nitrogens with zero attached hydrogens (tertiary/aromatic N) is 2. The number of nitrogens with one attached hydrogen (secondary N) is 2. The zero-order valence-electron chi connectivity index (χ0n) is 20.9. The van der Waals surface area contributed by atoms with Gasteiger partial charge in [-0.15, -0.1) is 0 Å². The van der Waals surface area contributed by atoms with Crippen molar-refractivity contribution in [2.24, 2.45) is 0 Å². The molecule has 2 aromatic carbocycles. The van der Waals surface area contributed by atoms with Gasteiger partial charge in [0.25, 0.3) is 11.8 Å². The lowest BCUT2D eigenvalue weighted by Gasteiger charge is -2.31. The molecule has 198 valence electrons. The van der Waals surface area contributed by atoms with Crippen LogP contribution in [0.2, 0.25) is 0 Å². The summed E-state index contributed by atoms with van der Waals surface area (Å²) in [5.74, 6) is 0.384. The molecular weight excluding hydrogens is 497 g/mol. The van der Waals surface area contributed by atoms with Gasteiger partial charge in [-0.3, -0.25) is 9.59 Å². The first kappa shape index (κ1) is 25.6. The van der Waals surface area contributed by atoms with E-state index in [1.165, 1.54) is 18.4 Å². The monoisotopic (exact) mass is 524 g/mol. The van der Waals surface area contributed by atoms with Gasteiger partial charge in [-0.25, -0.2) is 4.98 Å². The normalized spacial score (nSPS) is 14.8. The maximum atomic E-state index is 13.0. The molecule has 1 aliphatic heterocycles. The highest BCUT2D eigenvalue weighted by Gasteiger charge is 2.31. The van der Waals surface area contributed by atoms with Crippen LogP contribution >= 0.6 is 0 Å². The van der Waals surface area contributed by atoms with E-state index in [1.54, 1.807) is 17.0 Å². The smallest absolute Gasteiger partial charge is 0.416 e. The molecule has 0 bridgehead atoms. The average Bonchev–Trinajstić information content (AvgIpc) is 3.56. The summed E-state index contributed by atoms with van der Waals surface area (Å²) in [5, 5.41) is 3.10. The lowest BCUT2D eigenvalue weighted by molar-refractivity contribution is -0.137. The van der Waals surface area contributed by atoms with Crippen LogP contribution in [0.15, 0.2) is 59.2 Å². The molecule has 38 heavy (non-hydrogen) atoms. The Balaban J connectivity index is 1.18. The summed E-state index contributed by atoms with van der Waals surface area (Å²) < 4.78 is 44.3. The van der Waals surface area contributed by atoms with Crippen molar-refractivity contribution in [2.45, 2.75) is 44.7 Å². The van der Waals surface area contributed by atoms with Gasteiger partial charge < -0.3 is 19.6 Å². The van der Waals surface area contributed by atoms with Gasteiger partial charge in [-0.1, -0.05) is 26.0 Å². The number of aromatic amines is 1. The Bertz CT molecular complexity index is 1460. The Kier molecular flexibility index (Phi) is 6.73. The Morgan fingerprint density at radius 1 is 1.08 bits per heavy atom. The van der Waals surface area contributed by atoms with Crippen LogP contribution in [0.5, 0.6) is 0 Å². The Morgan fingerprint density at radius 3 is 2.42 bits per heavy atom. The van der Waals surface area contributed by atoms with Crippen molar-refractivity contribution < 1.29 is 27.2 Å². The molecule has 4 aromatic rings. The number of oxazole rings is 1. The zero-order valence-corrected chi connectivity index (χ0v) is 20.9. The maximum Gasteiger partial charge on any atom is 0.416 e. The highest BCUT2D eigenvalue weighted by atomic mass is 19.4. The molecule has 0 saturated carbocycles. The minimum Gasteiger partial charge on any atom is -0.448 e. The Hall–Kier alpha value is -4.08. The predicted molar refractivity (Wildman–Crippen MR) is 136 cm³/mol. The van der Waals surface area contributed by atoms with Crippen LogP contribution in [0.4, 0.5) is 18.9 Å². The van der Waals surface area contributed by atoms with Gasteiger partial charge >= 0.3 is 6.18 Å². The van der Waals surface area contributed by atoms with Crippen LogP contribution in [-0.2, 0) is 6.18 Å². The summed E-state index contributed by atoms with van der Waals surface area (Å²) in [6.45, 7) is 5.14. The summed E-state index contributed by atoms with van der Waals surface area (Å²) in [6, 6.07) is 12.2. The number of aromatic nitrogens is 2. The second kappa shape index (κ2) is 10.00. The van der Waals surface area contributed by atoms with Crippen LogP contribution in [0.1, 0.15) is 76.5 Å². The van der Waals surface area contributed by atoms with E-state index in [0.717, 1.165) is 30.5 Å². The molecule has 2 aromatic heterocycles. The largest absolute Gasteiger partial charge is 0.448 e. The van der Waals surface area contributed by atoms with Crippen molar-refractivity contribution in [3.63, 3.8) is 0 Å². The van der Waals surface area contributed by atoms with Crippen molar-refractivity contribution in [3.8, 4) is 0 Å². The van der Waals surface area contributed by atoms with Gasteiger partial charge in [0.1, 0.15) is 12.0 Å². The van der Waals surface area contributed by atoms with E-state index in [9.17, 15) is 22.8 Å². The van der Waals surface area contributed by atoms with E-state index < -0.39 is 17.6 Å². The number of amides is 2. The van der Waals surface area contributed by atoms with Gasteiger partial charge in [0.15, 0.2) is 11.6 Å². The molecule has 1 fully saturated rings. The minimum absolute atomic E-state index is 0.115. The standard InChI is InChI=1S/C28H27F3N4O3/c1-16(2)26-34-24(15-38-26)27(37)35-11-9-18(10-12-35)17-3-6-21(7-4-17)32-25(36)23-14-19-13-20(28(29,30)31)5-8-22(19)33-23/h3-8,13-16,18,33H,9-12H2,1-2H3,(H,32,36). The fourth-order valence-corrected chi connectivity index (χ4v) is 4.70. The molecule has 0 atom stereocenters. The number of likely N-dealkylation sites (tertiary alicyclic amines) is 1. The fraction of sp³-hybridized carbons (Fsp3) is 0.321. The highest BCUT2D eigenvalue weighted by molar-refractivity contribution is 6.06. The molecule has 0 unspecified atom stereocenters. The topological polar surface area (TPSA) is 91.2 Å². The SMILES string of the molecule is CC(C)c1nc(C(=O)N2CCC(c3ccc(NC(=O)c4cc5cc(C(F)(F)F)ccc5[nH]4)cc3)CC2)co1. The van der Waals surface area contributed by atoms with Gasteiger partial charge in [-0.05, 0) is 60.7 Å². The second-order valence-electron chi connectivity index (χ2n) is 9.85. The van der Waals surface area contributed by atoms with Crippen LogP contribution in [-0.4, -0.2) is 39.8 Å². The molecule has 0 spiro atoms. The molecule has 1 aliphatic rings. The molecule has 10 heteroatoms. The van der Waals surface area contributed by atoms with E-state index in [-0.39, 0.29) is 23.4 Å². The molecular formula is C28H27F3N4O3. The molecule has 0 radical (unpaired) electrons. The number of halogens is 3. The van der Waals surface area contributed by atoms with Crippen molar-refractivity contribution in [3.05, 3.63) is 83.2 Å². The number of alkyl halides is 3. The lowest BCUT2D eigenvalue weighted by atomic mass is 9.89. The van der Waals surface area contributed by atoms with E-state index in [0.29, 0.717) is 41.3 Å². The first-order chi connectivity index (χ1) is 18.1. The number of hydrogen-bond donors (Lipinski definition) is 2. The van der Waals surface area contributed by atoms with Crippen molar-refractivity contribution in [1.82, 2.24) is 14.9 Å². The zero-order chi connectivity index (χ0) is 27.0. The number of piperidine rings is 1. The van der Waals surface area contributed by atoms with Gasteiger partial charge in [0, 0.05) is 35.6 Å². The van der Waals surface area contributed by atoms with Crippen LogP contribution < -0.4 is 5.32 Å². The summed E-state index contributed by atoms with van der Waals surface area (Å²) in [6.07, 6.45) is -1.41. The van der Waals surface area contributed by atoms with Crippen molar-refractivity contribution >= 4 is 28.4 Å². The average molecular weight is 525 g/mol. The summed E-state index contributed by atoms with van der Waals surface area (Å²) in [7, 11) is 0. The molecule has 5 rings (SSSR count).